The Bertz CT molecular complexity index is 517. The molecule has 0 aliphatic carbocycles. The summed E-state index contributed by atoms with van der Waals surface area (Å²) in [5.41, 5.74) is 0.694. The highest BCUT2D eigenvalue weighted by atomic mass is 79.9. The first-order chi connectivity index (χ1) is 10.2. The van der Waals surface area contributed by atoms with Gasteiger partial charge in [-0.1, -0.05) is 0 Å². The molecule has 1 N–H and O–H groups in total. The number of morpholine rings is 1. The minimum absolute atomic E-state index is 0.0327. The van der Waals surface area contributed by atoms with Gasteiger partial charge in [0.05, 0.1) is 12.7 Å². The SMILES string of the molecule is CCn1cc(Br)cc1C(=O)NCC1CN2CCCC2CO1. The average Bonchev–Trinajstić information content (AvgIpc) is 3.09. The van der Waals surface area contributed by atoms with Crippen molar-refractivity contribution in [1.29, 1.82) is 0 Å². The monoisotopic (exact) mass is 355 g/mol. The first kappa shape index (κ1) is 15.1. The minimum Gasteiger partial charge on any atom is -0.373 e. The van der Waals surface area contributed by atoms with Crippen molar-refractivity contribution in [1.82, 2.24) is 14.8 Å². The van der Waals surface area contributed by atoms with E-state index in [-0.39, 0.29) is 12.0 Å². The highest BCUT2D eigenvalue weighted by Gasteiger charge is 2.32. The molecule has 0 bridgehead atoms. The average molecular weight is 356 g/mol. The molecule has 116 valence electrons. The molecule has 1 aromatic heterocycles. The third-order valence-electron chi connectivity index (χ3n) is 4.39. The number of fused-ring (bicyclic) bond motifs is 1. The molecular weight excluding hydrogens is 334 g/mol. The molecule has 0 radical (unpaired) electrons. The molecule has 2 unspecified atom stereocenters. The van der Waals surface area contributed by atoms with Crippen LogP contribution in [0.3, 0.4) is 0 Å². The lowest BCUT2D eigenvalue weighted by Crippen LogP contribution is -2.50. The number of amides is 1. The number of ether oxygens (including phenoxy) is 1. The van der Waals surface area contributed by atoms with E-state index < -0.39 is 0 Å². The minimum atomic E-state index is -0.0327. The van der Waals surface area contributed by atoms with Crippen molar-refractivity contribution in [2.45, 2.75) is 38.5 Å². The van der Waals surface area contributed by atoms with E-state index in [4.69, 9.17) is 4.74 Å². The number of hydrogen-bond acceptors (Lipinski definition) is 3. The van der Waals surface area contributed by atoms with Crippen LogP contribution in [0.25, 0.3) is 0 Å². The van der Waals surface area contributed by atoms with Crippen LogP contribution < -0.4 is 5.32 Å². The van der Waals surface area contributed by atoms with E-state index in [0.29, 0.717) is 18.3 Å². The molecule has 2 atom stereocenters. The fourth-order valence-electron chi connectivity index (χ4n) is 3.23. The summed E-state index contributed by atoms with van der Waals surface area (Å²) in [6, 6.07) is 2.46. The second-order valence-corrected chi connectivity index (χ2v) is 6.70. The van der Waals surface area contributed by atoms with Gasteiger partial charge in [0.15, 0.2) is 0 Å². The number of halogens is 1. The van der Waals surface area contributed by atoms with Gasteiger partial charge in [-0.3, -0.25) is 9.69 Å². The van der Waals surface area contributed by atoms with Gasteiger partial charge >= 0.3 is 0 Å². The second-order valence-electron chi connectivity index (χ2n) is 5.79. The molecule has 0 saturated carbocycles. The van der Waals surface area contributed by atoms with Crippen LogP contribution in [0.5, 0.6) is 0 Å². The van der Waals surface area contributed by atoms with E-state index in [0.717, 1.165) is 24.2 Å². The Labute approximate surface area is 133 Å². The van der Waals surface area contributed by atoms with Gasteiger partial charge in [0.2, 0.25) is 0 Å². The standard InChI is InChI=1S/C15H22BrN3O2/c1-2-18-8-11(16)6-14(18)15(20)17-7-13-9-19-5-3-4-12(19)10-21-13/h6,8,12-13H,2-5,7,9-10H2,1H3,(H,17,20). The lowest BCUT2D eigenvalue weighted by Gasteiger charge is -2.35. The zero-order valence-corrected chi connectivity index (χ0v) is 13.9. The molecule has 3 heterocycles. The zero-order chi connectivity index (χ0) is 14.8. The number of carbonyl (C=O) groups is 1. The summed E-state index contributed by atoms with van der Waals surface area (Å²) in [7, 11) is 0. The zero-order valence-electron chi connectivity index (χ0n) is 12.3. The number of nitrogens with one attached hydrogen (secondary N) is 1. The number of aryl methyl sites for hydroxylation is 1. The van der Waals surface area contributed by atoms with Crippen LogP contribution in [0.15, 0.2) is 16.7 Å². The van der Waals surface area contributed by atoms with Crippen molar-refractivity contribution in [3.8, 4) is 0 Å². The Hall–Kier alpha value is -0.850. The van der Waals surface area contributed by atoms with E-state index in [9.17, 15) is 4.79 Å². The number of aromatic nitrogens is 1. The van der Waals surface area contributed by atoms with E-state index in [1.165, 1.54) is 19.4 Å². The maximum absolute atomic E-state index is 12.3. The Kier molecular flexibility index (Phi) is 4.66. The van der Waals surface area contributed by atoms with Crippen molar-refractivity contribution < 1.29 is 9.53 Å². The van der Waals surface area contributed by atoms with Crippen LogP contribution in [0.4, 0.5) is 0 Å². The Morgan fingerprint density at radius 1 is 1.57 bits per heavy atom. The first-order valence-electron chi connectivity index (χ1n) is 7.67. The highest BCUT2D eigenvalue weighted by Crippen LogP contribution is 2.22. The first-order valence-corrected chi connectivity index (χ1v) is 8.46. The van der Waals surface area contributed by atoms with Gasteiger partial charge in [-0.25, -0.2) is 0 Å². The summed E-state index contributed by atoms with van der Waals surface area (Å²) in [6.07, 6.45) is 4.56. The molecule has 1 aromatic rings. The fraction of sp³-hybridized carbons (Fsp3) is 0.667. The molecule has 2 fully saturated rings. The summed E-state index contributed by atoms with van der Waals surface area (Å²) in [6.45, 7) is 6.30. The molecule has 5 nitrogen and oxygen atoms in total. The van der Waals surface area contributed by atoms with Gasteiger partial charge in [-0.15, -0.1) is 0 Å². The maximum atomic E-state index is 12.3. The quantitative estimate of drug-likeness (QED) is 0.896. The summed E-state index contributed by atoms with van der Waals surface area (Å²) in [5, 5.41) is 3.00. The maximum Gasteiger partial charge on any atom is 0.268 e. The molecule has 2 aliphatic rings. The predicted octanol–water partition coefficient (Wildman–Crippen LogP) is 1.86. The topological polar surface area (TPSA) is 46.5 Å². The van der Waals surface area contributed by atoms with Gasteiger partial charge in [-0.05, 0) is 48.3 Å². The van der Waals surface area contributed by atoms with Crippen molar-refractivity contribution in [3.05, 3.63) is 22.4 Å². The van der Waals surface area contributed by atoms with Crippen molar-refractivity contribution in [3.63, 3.8) is 0 Å². The summed E-state index contributed by atoms with van der Waals surface area (Å²) in [5.74, 6) is -0.0327. The van der Waals surface area contributed by atoms with Gasteiger partial charge < -0.3 is 14.6 Å². The van der Waals surface area contributed by atoms with E-state index in [1.807, 2.05) is 23.8 Å². The number of hydrogen-bond donors (Lipinski definition) is 1. The predicted molar refractivity (Wildman–Crippen MR) is 84.5 cm³/mol. The van der Waals surface area contributed by atoms with E-state index >= 15 is 0 Å². The molecular formula is C15H22BrN3O2. The van der Waals surface area contributed by atoms with E-state index in [2.05, 4.69) is 26.1 Å². The van der Waals surface area contributed by atoms with Crippen molar-refractivity contribution in [2.24, 2.45) is 0 Å². The second kappa shape index (κ2) is 6.50. The fourth-order valence-corrected chi connectivity index (χ4v) is 3.70. The molecule has 21 heavy (non-hydrogen) atoms. The Morgan fingerprint density at radius 3 is 3.24 bits per heavy atom. The number of nitrogens with zero attached hydrogens (tertiary/aromatic N) is 2. The molecule has 3 rings (SSSR count). The summed E-state index contributed by atoms with van der Waals surface area (Å²) in [4.78, 5) is 14.8. The molecule has 2 saturated heterocycles. The van der Waals surface area contributed by atoms with Crippen LogP contribution >= 0.6 is 15.9 Å². The number of rotatable bonds is 4. The molecule has 0 spiro atoms. The Morgan fingerprint density at radius 2 is 2.43 bits per heavy atom. The van der Waals surface area contributed by atoms with Crippen molar-refractivity contribution >= 4 is 21.8 Å². The third-order valence-corrected chi connectivity index (χ3v) is 4.82. The largest absolute Gasteiger partial charge is 0.373 e. The highest BCUT2D eigenvalue weighted by molar-refractivity contribution is 9.10. The van der Waals surface area contributed by atoms with Crippen LogP contribution in [-0.4, -0.2) is 53.8 Å². The van der Waals surface area contributed by atoms with Crippen LogP contribution in [0, 0.1) is 0 Å². The summed E-state index contributed by atoms with van der Waals surface area (Å²) < 4.78 is 8.74. The summed E-state index contributed by atoms with van der Waals surface area (Å²) >= 11 is 3.42. The van der Waals surface area contributed by atoms with Gasteiger partial charge in [-0.2, -0.15) is 0 Å². The van der Waals surface area contributed by atoms with Crippen LogP contribution in [0.1, 0.15) is 30.3 Å². The van der Waals surface area contributed by atoms with Crippen LogP contribution in [-0.2, 0) is 11.3 Å². The van der Waals surface area contributed by atoms with Gasteiger partial charge in [0.1, 0.15) is 5.69 Å². The lowest BCUT2D eigenvalue weighted by atomic mass is 10.2. The Balaban J connectivity index is 1.53. The van der Waals surface area contributed by atoms with Crippen LogP contribution in [0.2, 0.25) is 0 Å². The molecule has 2 aliphatic heterocycles. The van der Waals surface area contributed by atoms with E-state index in [1.54, 1.807) is 0 Å². The normalized spacial score (nSPS) is 25.8. The molecule has 1 amide bonds. The van der Waals surface area contributed by atoms with Gasteiger partial charge in [0.25, 0.3) is 5.91 Å². The van der Waals surface area contributed by atoms with Crippen molar-refractivity contribution in [2.75, 3.05) is 26.2 Å². The molecule has 0 aromatic carbocycles. The number of carbonyl (C=O) groups excluding carboxylic acids is 1. The van der Waals surface area contributed by atoms with Gasteiger partial charge in [0, 0.05) is 36.3 Å². The third kappa shape index (κ3) is 3.33. The molecule has 6 heteroatoms. The smallest absolute Gasteiger partial charge is 0.268 e. The lowest BCUT2D eigenvalue weighted by molar-refractivity contribution is -0.0462.